The Hall–Kier alpha value is -1.05. The maximum atomic E-state index is 11.3. The molecule has 2 nitrogen and oxygen atoms in total. The summed E-state index contributed by atoms with van der Waals surface area (Å²) < 4.78 is 5.06. The Morgan fingerprint density at radius 2 is 2.14 bits per heavy atom. The first-order chi connectivity index (χ1) is 10.4. The summed E-state index contributed by atoms with van der Waals surface area (Å²) in [6, 6.07) is 0. The Bertz CT molecular complexity index is 518. The number of hydrogen-bond donors (Lipinski definition) is 0. The Balaban J connectivity index is 1.80. The van der Waals surface area contributed by atoms with E-state index in [1.54, 1.807) is 6.08 Å². The molecule has 0 aromatic rings. The molecule has 0 bridgehead atoms. The summed E-state index contributed by atoms with van der Waals surface area (Å²) in [5.41, 5.74) is 3.35. The Morgan fingerprint density at radius 3 is 2.82 bits per heavy atom. The highest BCUT2D eigenvalue weighted by Crippen LogP contribution is 2.62. The summed E-state index contributed by atoms with van der Waals surface area (Å²) in [6.45, 7) is 12.3. The van der Waals surface area contributed by atoms with E-state index >= 15 is 0 Å². The second kappa shape index (κ2) is 5.54. The van der Waals surface area contributed by atoms with Crippen LogP contribution in [0.25, 0.3) is 0 Å². The highest BCUT2D eigenvalue weighted by molar-refractivity contribution is 5.85. The lowest BCUT2D eigenvalue weighted by Gasteiger charge is -2.59. The molecule has 0 spiro atoms. The fraction of sp³-hybridized carbons (Fsp3) is 0.750. The number of carbonyl (C=O) groups is 1. The van der Waals surface area contributed by atoms with Crippen LogP contribution in [-0.4, -0.2) is 12.6 Å². The molecule has 0 unspecified atom stereocenters. The van der Waals surface area contributed by atoms with Gasteiger partial charge in [0, 0.05) is 6.08 Å². The van der Waals surface area contributed by atoms with Gasteiger partial charge in [-0.25, -0.2) is 4.79 Å². The Morgan fingerprint density at radius 1 is 1.36 bits per heavy atom. The molecule has 1 aliphatic heterocycles. The maximum Gasteiger partial charge on any atom is 0.331 e. The minimum Gasteiger partial charge on any atom is -0.458 e. The minimum atomic E-state index is -0.160. The number of hydrogen-bond acceptors (Lipinski definition) is 2. The van der Waals surface area contributed by atoms with Crippen molar-refractivity contribution in [2.24, 2.45) is 22.7 Å². The zero-order valence-electron chi connectivity index (χ0n) is 14.4. The molecule has 0 aromatic carbocycles. The van der Waals surface area contributed by atoms with Crippen LogP contribution < -0.4 is 0 Å². The summed E-state index contributed by atoms with van der Waals surface area (Å²) in [4.78, 5) is 11.3. The summed E-state index contributed by atoms with van der Waals surface area (Å²) >= 11 is 0. The molecule has 2 heteroatoms. The van der Waals surface area contributed by atoms with Gasteiger partial charge in [-0.3, -0.25) is 0 Å². The van der Waals surface area contributed by atoms with Crippen LogP contribution in [0, 0.1) is 22.7 Å². The molecule has 122 valence electrons. The standard InChI is InChI=1S/C20H30O2/c1-14-6-5-7-17-19(14,3)10-8-15(2)20(17,4)11-9-16-12-18(21)22-13-16/h12,15,17H,1,5-11,13H2,2-4H3/t15-,17+,19+,20+/m1/s1. The van der Waals surface area contributed by atoms with E-state index in [1.165, 1.54) is 49.7 Å². The van der Waals surface area contributed by atoms with Gasteiger partial charge in [0.1, 0.15) is 6.61 Å². The average molecular weight is 302 g/mol. The maximum absolute atomic E-state index is 11.3. The molecular weight excluding hydrogens is 272 g/mol. The van der Waals surface area contributed by atoms with Crippen LogP contribution in [-0.2, 0) is 9.53 Å². The van der Waals surface area contributed by atoms with E-state index in [0.29, 0.717) is 17.4 Å². The molecule has 22 heavy (non-hydrogen) atoms. The van der Waals surface area contributed by atoms with Gasteiger partial charge in [-0.05, 0) is 73.2 Å². The van der Waals surface area contributed by atoms with Gasteiger partial charge >= 0.3 is 5.97 Å². The fourth-order valence-corrected chi connectivity index (χ4v) is 5.38. The third-order valence-electron chi connectivity index (χ3n) is 7.27. The van der Waals surface area contributed by atoms with Crippen LogP contribution in [0.2, 0.25) is 0 Å². The largest absolute Gasteiger partial charge is 0.458 e. The number of esters is 1. The molecule has 1 heterocycles. The molecule has 2 aliphatic carbocycles. The lowest BCUT2D eigenvalue weighted by molar-refractivity contribution is -0.134. The van der Waals surface area contributed by atoms with Crippen molar-refractivity contribution in [1.29, 1.82) is 0 Å². The van der Waals surface area contributed by atoms with Crippen molar-refractivity contribution in [2.75, 3.05) is 6.61 Å². The monoisotopic (exact) mass is 302 g/mol. The molecular formula is C20H30O2. The van der Waals surface area contributed by atoms with Crippen molar-refractivity contribution in [3.8, 4) is 0 Å². The molecule has 4 atom stereocenters. The van der Waals surface area contributed by atoms with Crippen LogP contribution in [0.5, 0.6) is 0 Å². The number of rotatable bonds is 3. The van der Waals surface area contributed by atoms with Crippen molar-refractivity contribution in [2.45, 2.75) is 65.7 Å². The van der Waals surface area contributed by atoms with Gasteiger partial charge in [-0.1, -0.05) is 32.9 Å². The lowest BCUT2D eigenvalue weighted by atomic mass is 9.46. The molecule has 0 amide bonds. The van der Waals surface area contributed by atoms with Crippen molar-refractivity contribution in [3.05, 3.63) is 23.8 Å². The highest BCUT2D eigenvalue weighted by atomic mass is 16.5. The molecule has 0 saturated heterocycles. The predicted molar refractivity (Wildman–Crippen MR) is 89.4 cm³/mol. The first kappa shape index (κ1) is 15.8. The van der Waals surface area contributed by atoms with E-state index in [1.807, 2.05) is 0 Å². The zero-order chi connectivity index (χ0) is 16.0. The summed E-state index contributed by atoms with van der Waals surface area (Å²) in [5, 5.41) is 0. The zero-order valence-corrected chi connectivity index (χ0v) is 14.4. The van der Waals surface area contributed by atoms with Crippen molar-refractivity contribution in [3.63, 3.8) is 0 Å². The molecule has 0 radical (unpaired) electrons. The fourth-order valence-electron chi connectivity index (χ4n) is 5.38. The van der Waals surface area contributed by atoms with Gasteiger partial charge in [0.2, 0.25) is 0 Å². The Kier molecular flexibility index (Phi) is 3.99. The van der Waals surface area contributed by atoms with E-state index in [9.17, 15) is 4.79 Å². The van der Waals surface area contributed by atoms with Gasteiger partial charge < -0.3 is 4.74 Å². The topological polar surface area (TPSA) is 26.3 Å². The normalized spacial score (nSPS) is 41.9. The van der Waals surface area contributed by atoms with Gasteiger partial charge in [0.05, 0.1) is 0 Å². The molecule has 3 rings (SSSR count). The predicted octanol–water partition coefficient (Wildman–Crippen LogP) is 5.05. The number of carbonyl (C=O) groups excluding carboxylic acids is 1. The number of cyclic esters (lactones) is 1. The van der Waals surface area contributed by atoms with E-state index in [0.717, 1.165) is 18.3 Å². The van der Waals surface area contributed by atoms with Gasteiger partial charge in [-0.2, -0.15) is 0 Å². The van der Waals surface area contributed by atoms with E-state index < -0.39 is 0 Å². The van der Waals surface area contributed by atoms with Crippen LogP contribution in [0.15, 0.2) is 23.8 Å². The highest BCUT2D eigenvalue weighted by Gasteiger charge is 2.53. The number of ether oxygens (including phenoxy) is 1. The van der Waals surface area contributed by atoms with Crippen LogP contribution in [0.4, 0.5) is 0 Å². The third-order valence-corrected chi connectivity index (χ3v) is 7.27. The van der Waals surface area contributed by atoms with E-state index in [2.05, 4.69) is 27.4 Å². The lowest BCUT2D eigenvalue weighted by Crippen LogP contribution is -2.50. The first-order valence-corrected chi connectivity index (χ1v) is 8.91. The van der Waals surface area contributed by atoms with Crippen molar-refractivity contribution < 1.29 is 9.53 Å². The quantitative estimate of drug-likeness (QED) is 0.539. The number of fused-ring (bicyclic) bond motifs is 1. The van der Waals surface area contributed by atoms with Gasteiger partial charge in [-0.15, -0.1) is 0 Å². The smallest absolute Gasteiger partial charge is 0.331 e. The SMILES string of the molecule is C=C1CCC[C@@H]2[C@@](C)(CCC3=CC(=O)OC3)[C@H](C)CC[C@@]12C. The average Bonchev–Trinajstić information content (AvgIpc) is 2.90. The van der Waals surface area contributed by atoms with Gasteiger partial charge in [0.15, 0.2) is 0 Å². The molecule has 0 N–H and O–H groups in total. The second-order valence-corrected chi connectivity index (χ2v) is 8.32. The molecule has 0 aromatic heterocycles. The van der Waals surface area contributed by atoms with Crippen LogP contribution in [0.1, 0.15) is 65.7 Å². The van der Waals surface area contributed by atoms with Crippen molar-refractivity contribution >= 4 is 5.97 Å². The summed E-state index contributed by atoms with van der Waals surface area (Å²) in [7, 11) is 0. The minimum absolute atomic E-state index is 0.160. The van der Waals surface area contributed by atoms with Crippen LogP contribution in [0.3, 0.4) is 0 Å². The van der Waals surface area contributed by atoms with Crippen LogP contribution >= 0.6 is 0 Å². The Labute approximate surface area is 135 Å². The van der Waals surface area contributed by atoms with E-state index in [4.69, 9.17) is 4.74 Å². The number of allylic oxidation sites excluding steroid dienone is 1. The molecule has 2 saturated carbocycles. The van der Waals surface area contributed by atoms with Crippen molar-refractivity contribution in [1.82, 2.24) is 0 Å². The summed E-state index contributed by atoms with van der Waals surface area (Å²) in [6.07, 6.45) is 10.3. The molecule has 3 aliphatic rings. The summed E-state index contributed by atoms with van der Waals surface area (Å²) in [5.74, 6) is 1.33. The first-order valence-electron chi connectivity index (χ1n) is 8.91. The second-order valence-electron chi connectivity index (χ2n) is 8.32. The van der Waals surface area contributed by atoms with Gasteiger partial charge in [0.25, 0.3) is 0 Å². The third kappa shape index (κ3) is 2.45. The van der Waals surface area contributed by atoms with E-state index in [-0.39, 0.29) is 5.97 Å². The molecule has 2 fully saturated rings.